The Morgan fingerprint density at radius 2 is 2.44 bits per heavy atom. The average Bonchev–Trinajstić information content (AvgIpc) is 2.75. The second-order valence-corrected chi connectivity index (χ2v) is 4.40. The Morgan fingerprint density at radius 3 is 3.19 bits per heavy atom. The summed E-state index contributed by atoms with van der Waals surface area (Å²) in [5, 5.41) is 3.44. The highest BCUT2D eigenvalue weighted by Gasteiger charge is 2.23. The van der Waals surface area contributed by atoms with E-state index in [-0.39, 0.29) is 0 Å². The van der Waals surface area contributed by atoms with Crippen LogP contribution in [0.15, 0.2) is 24.4 Å². The van der Waals surface area contributed by atoms with Crippen LogP contribution in [0.3, 0.4) is 0 Å². The molecule has 0 saturated carbocycles. The maximum Gasteiger partial charge on any atom is 0.0544 e. The number of hydrogen-bond acceptors (Lipinski definition) is 3. The van der Waals surface area contributed by atoms with Gasteiger partial charge >= 0.3 is 0 Å². The van der Waals surface area contributed by atoms with Gasteiger partial charge in [-0.15, -0.1) is 0 Å². The molecule has 1 unspecified atom stereocenters. The van der Waals surface area contributed by atoms with Crippen molar-refractivity contribution in [2.24, 2.45) is 0 Å². The predicted octanol–water partition coefficient (Wildman–Crippen LogP) is 1.66. The Labute approximate surface area is 97.9 Å². The molecule has 1 fully saturated rings. The van der Waals surface area contributed by atoms with Gasteiger partial charge in [-0.25, -0.2) is 0 Å². The van der Waals surface area contributed by atoms with Gasteiger partial charge in [0.2, 0.25) is 0 Å². The van der Waals surface area contributed by atoms with Gasteiger partial charge in [0, 0.05) is 25.3 Å². The summed E-state index contributed by atoms with van der Waals surface area (Å²) in [6, 6.07) is 6.85. The Kier molecular flexibility index (Phi) is 4.31. The van der Waals surface area contributed by atoms with Crippen LogP contribution in [0, 0.1) is 0 Å². The number of nitrogens with zero attached hydrogens (tertiary/aromatic N) is 2. The topological polar surface area (TPSA) is 28.2 Å². The van der Waals surface area contributed by atoms with Crippen LogP contribution in [0.2, 0.25) is 0 Å². The average molecular weight is 219 g/mol. The minimum absolute atomic E-state index is 0.696. The van der Waals surface area contributed by atoms with E-state index in [4.69, 9.17) is 0 Å². The molecular formula is C13H21N3. The van der Waals surface area contributed by atoms with Gasteiger partial charge < -0.3 is 5.32 Å². The van der Waals surface area contributed by atoms with Gasteiger partial charge in [-0.3, -0.25) is 9.88 Å². The Balaban J connectivity index is 1.88. The molecule has 2 heterocycles. The number of aromatic nitrogens is 1. The lowest BCUT2D eigenvalue weighted by atomic mass is 10.2. The minimum Gasteiger partial charge on any atom is -0.315 e. The molecule has 16 heavy (non-hydrogen) atoms. The molecule has 1 aliphatic rings. The first kappa shape index (κ1) is 11.6. The van der Waals surface area contributed by atoms with Crippen LogP contribution in [0.25, 0.3) is 0 Å². The lowest BCUT2D eigenvalue weighted by Gasteiger charge is -2.24. The standard InChI is InChI=1S/C13H21N3/c1-2-14-10-13-7-5-9-16(13)11-12-6-3-4-8-15-12/h3-4,6,8,13-14H,2,5,7,9-11H2,1H3. The van der Waals surface area contributed by atoms with Gasteiger partial charge in [0.15, 0.2) is 0 Å². The van der Waals surface area contributed by atoms with Gasteiger partial charge in [-0.2, -0.15) is 0 Å². The summed E-state index contributed by atoms with van der Waals surface area (Å²) in [5.41, 5.74) is 1.19. The number of likely N-dealkylation sites (tertiary alicyclic amines) is 1. The van der Waals surface area contributed by atoms with Crippen LogP contribution in [0.4, 0.5) is 0 Å². The van der Waals surface area contributed by atoms with Crippen molar-refractivity contribution in [3.63, 3.8) is 0 Å². The minimum atomic E-state index is 0.696. The van der Waals surface area contributed by atoms with Crippen molar-refractivity contribution in [1.82, 2.24) is 15.2 Å². The zero-order chi connectivity index (χ0) is 11.2. The lowest BCUT2D eigenvalue weighted by Crippen LogP contribution is -2.37. The molecule has 0 aromatic carbocycles. The predicted molar refractivity (Wildman–Crippen MR) is 66.2 cm³/mol. The number of pyridine rings is 1. The molecule has 1 aromatic rings. The van der Waals surface area contributed by atoms with E-state index in [1.165, 1.54) is 25.1 Å². The molecule has 0 aliphatic carbocycles. The van der Waals surface area contributed by atoms with Crippen LogP contribution < -0.4 is 5.32 Å². The van der Waals surface area contributed by atoms with Crippen molar-refractivity contribution in [2.45, 2.75) is 32.4 Å². The molecule has 2 rings (SSSR count). The highest BCUT2D eigenvalue weighted by atomic mass is 15.2. The summed E-state index contributed by atoms with van der Waals surface area (Å²) in [6.07, 6.45) is 4.52. The van der Waals surface area contributed by atoms with Crippen LogP contribution >= 0.6 is 0 Å². The van der Waals surface area contributed by atoms with E-state index in [0.717, 1.165) is 19.6 Å². The summed E-state index contributed by atoms with van der Waals surface area (Å²) >= 11 is 0. The molecule has 1 atom stereocenters. The van der Waals surface area contributed by atoms with E-state index < -0.39 is 0 Å². The molecule has 0 bridgehead atoms. The molecule has 88 valence electrons. The fraction of sp³-hybridized carbons (Fsp3) is 0.615. The molecule has 1 aliphatic heterocycles. The SMILES string of the molecule is CCNCC1CCCN1Cc1ccccn1. The third-order valence-corrected chi connectivity index (χ3v) is 3.22. The highest BCUT2D eigenvalue weighted by molar-refractivity contribution is 5.04. The fourth-order valence-electron chi connectivity index (χ4n) is 2.35. The maximum atomic E-state index is 4.39. The molecular weight excluding hydrogens is 198 g/mol. The van der Waals surface area contributed by atoms with Gasteiger partial charge in [-0.05, 0) is 38.1 Å². The Hall–Kier alpha value is -0.930. The quantitative estimate of drug-likeness (QED) is 0.816. The monoisotopic (exact) mass is 219 g/mol. The van der Waals surface area contributed by atoms with E-state index in [9.17, 15) is 0 Å². The normalized spacial score (nSPS) is 21.4. The van der Waals surface area contributed by atoms with Crippen LogP contribution in [-0.4, -0.2) is 35.6 Å². The van der Waals surface area contributed by atoms with Gasteiger partial charge in [0.25, 0.3) is 0 Å². The molecule has 1 saturated heterocycles. The Morgan fingerprint density at radius 1 is 1.50 bits per heavy atom. The van der Waals surface area contributed by atoms with Gasteiger partial charge in [0.1, 0.15) is 0 Å². The van der Waals surface area contributed by atoms with E-state index in [1.807, 2.05) is 12.3 Å². The second kappa shape index (κ2) is 5.97. The first-order chi connectivity index (χ1) is 7.90. The van der Waals surface area contributed by atoms with E-state index in [0.29, 0.717) is 6.04 Å². The van der Waals surface area contributed by atoms with Crippen LogP contribution in [0.5, 0.6) is 0 Å². The summed E-state index contributed by atoms with van der Waals surface area (Å²) < 4.78 is 0. The molecule has 0 spiro atoms. The van der Waals surface area contributed by atoms with Crippen molar-refractivity contribution in [1.29, 1.82) is 0 Å². The van der Waals surface area contributed by atoms with Crippen molar-refractivity contribution in [3.05, 3.63) is 30.1 Å². The number of nitrogens with one attached hydrogen (secondary N) is 1. The van der Waals surface area contributed by atoms with E-state index in [1.54, 1.807) is 0 Å². The van der Waals surface area contributed by atoms with Gasteiger partial charge in [0.05, 0.1) is 5.69 Å². The van der Waals surface area contributed by atoms with Crippen molar-refractivity contribution in [3.8, 4) is 0 Å². The molecule has 0 radical (unpaired) electrons. The fourth-order valence-corrected chi connectivity index (χ4v) is 2.35. The summed E-state index contributed by atoms with van der Waals surface area (Å²) in [4.78, 5) is 6.94. The lowest BCUT2D eigenvalue weighted by molar-refractivity contribution is 0.237. The summed E-state index contributed by atoms with van der Waals surface area (Å²) in [5.74, 6) is 0. The third kappa shape index (κ3) is 3.03. The second-order valence-electron chi connectivity index (χ2n) is 4.40. The van der Waals surface area contributed by atoms with E-state index in [2.05, 4.69) is 34.3 Å². The number of likely N-dealkylation sites (N-methyl/N-ethyl adjacent to an activating group) is 1. The zero-order valence-corrected chi connectivity index (χ0v) is 10.0. The first-order valence-electron chi connectivity index (χ1n) is 6.25. The summed E-state index contributed by atoms with van der Waals surface area (Å²) in [7, 11) is 0. The van der Waals surface area contributed by atoms with Gasteiger partial charge in [-0.1, -0.05) is 13.0 Å². The first-order valence-corrected chi connectivity index (χ1v) is 6.25. The smallest absolute Gasteiger partial charge is 0.0544 e. The molecule has 3 nitrogen and oxygen atoms in total. The van der Waals surface area contributed by atoms with Crippen LogP contribution in [0.1, 0.15) is 25.5 Å². The van der Waals surface area contributed by atoms with Crippen molar-refractivity contribution in [2.75, 3.05) is 19.6 Å². The van der Waals surface area contributed by atoms with Crippen molar-refractivity contribution >= 4 is 0 Å². The molecule has 1 N–H and O–H groups in total. The summed E-state index contributed by atoms with van der Waals surface area (Å²) in [6.45, 7) is 6.55. The van der Waals surface area contributed by atoms with E-state index >= 15 is 0 Å². The zero-order valence-electron chi connectivity index (χ0n) is 10.0. The Bertz CT molecular complexity index is 299. The number of rotatable bonds is 5. The molecule has 3 heteroatoms. The third-order valence-electron chi connectivity index (χ3n) is 3.22. The van der Waals surface area contributed by atoms with Crippen LogP contribution in [-0.2, 0) is 6.54 Å². The number of hydrogen-bond donors (Lipinski definition) is 1. The maximum absolute atomic E-state index is 4.39. The largest absolute Gasteiger partial charge is 0.315 e. The highest BCUT2D eigenvalue weighted by Crippen LogP contribution is 2.18. The molecule has 0 amide bonds. The molecule has 1 aromatic heterocycles. The van der Waals surface area contributed by atoms with Crippen molar-refractivity contribution < 1.29 is 0 Å².